The van der Waals surface area contributed by atoms with E-state index < -0.39 is 6.10 Å². The number of rotatable bonds is 4. The van der Waals surface area contributed by atoms with Crippen LogP contribution in [-0.4, -0.2) is 11.7 Å². The highest BCUT2D eigenvalue weighted by atomic mass is 16.5. The van der Waals surface area contributed by atoms with E-state index in [-0.39, 0.29) is 0 Å². The Kier molecular flexibility index (Phi) is 4.73. The molecule has 0 aliphatic carbocycles. The molecule has 1 rings (SSSR count). The Morgan fingerprint density at radius 3 is 2.53 bits per heavy atom. The molecule has 0 saturated carbocycles. The van der Waals surface area contributed by atoms with Crippen LogP contribution in [0.3, 0.4) is 0 Å². The number of ether oxygens (including phenoxy) is 1. The zero-order valence-electron chi connectivity index (χ0n) is 9.16. The van der Waals surface area contributed by atoms with Gasteiger partial charge in [0.2, 0.25) is 0 Å². The maximum Gasteiger partial charge on any atom is 0.119 e. The van der Waals surface area contributed by atoms with E-state index in [1.807, 2.05) is 31.2 Å². The van der Waals surface area contributed by atoms with Gasteiger partial charge in [-0.05, 0) is 31.5 Å². The van der Waals surface area contributed by atoms with Gasteiger partial charge in [-0.2, -0.15) is 0 Å². The van der Waals surface area contributed by atoms with Crippen LogP contribution in [0.15, 0.2) is 24.3 Å². The van der Waals surface area contributed by atoms with Crippen molar-refractivity contribution in [1.29, 1.82) is 0 Å². The number of benzene rings is 1. The molecule has 0 aliphatic rings. The molecule has 80 valence electrons. The lowest BCUT2D eigenvalue weighted by Gasteiger charge is -2.07. The molecule has 1 aromatic carbocycles. The number of aliphatic hydroxyl groups excluding tert-OH is 1. The summed E-state index contributed by atoms with van der Waals surface area (Å²) in [5.74, 6) is 6.57. The third-order valence-corrected chi connectivity index (χ3v) is 2.04. The minimum Gasteiger partial charge on any atom is -0.493 e. The predicted octanol–water partition coefficient (Wildman–Crippen LogP) is 2.53. The standard InChI is InChI=1S/C13H16O2/c1-3-4-5-10-15-13-8-6-12(7-9-13)11(2)14/h6-9,11,14H,5,10H2,1-2H3/t11-/m1/s1. The predicted molar refractivity (Wildman–Crippen MR) is 60.6 cm³/mol. The molecule has 0 aromatic heterocycles. The molecule has 0 bridgehead atoms. The minimum absolute atomic E-state index is 0.426. The lowest BCUT2D eigenvalue weighted by atomic mass is 10.1. The fourth-order valence-corrected chi connectivity index (χ4v) is 1.19. The highest BCUT2D eigenvalue weighted by molar-refractivity contribution is 5.28. The van der Waals surface area contributed by atoms with Gasteiger partial charge in [0.05, 0.1) is 12.7 Å². The SMILES string of the molecule is CC#CCCOc1ccc([C@@H](C)O)cc1. The quantitative estimate of drug-likeness (QED) is 0.603. The van der Waals surface area contributed by atoms with E-state index in [1.54, 1.807) is 6.92 Å². The van der Waals surface area contributed by atoms with Crippen molar-refractivity contribution in [2.24, 2.45) is 0 Å². The topological polar surface area (TPSA) is 29.5 Å². The first-order valence-corrected chi connectivity index (χ1v) is 5.04. The molecule has 1 N–H and O–H groups in total. The highest BCUT2D eigenvalue weighted by Gasteiger charge is 1.99. The van der Waals surface area contributed by atoms with Crippen LogP contribution in [0.2, 0.25) is 0 Å². The van der Waals surface area contributed by atoms with Crippen molar-refractivity contribution in [3.05, 3.63) is 29.8 Å². The van der Waals surface area contributed by atoms with Crippen LogP contribution in [-0.2, 0) is 0 Å². The number of aliphatic hydroxyl groups is 1. The molecule has 2 heteroatoms. The van der Waals surface area contributed by atoms with Gasteiger partial charge in [-0.15, -0.1) is 11.8 Å². The summed E-state index contributed by atoms with van der Waals surface area (Å²) in [6.07, 6.45) is 0.319. The second-order valence-corrected chi connectivity index (χ2v) is 3.27. The highest BCUT2D eigenvalue weighted by Crippen LogP contribution is 2.17. The van der Waals surface area contributed by atoms with Gasteiger partial charge >= 0.3 is 0 Å². The molecule has 0 amide bonds. The summed E-state index contributed by atoms with van der Waals surface area (Å²) < 4.78 is 5.46. The first-order valence-electron chi connectivity index (χ1n) is 5.04. The Balaban J connectivity index is 2.45. The molecule has 0 aliphatic heterocycles. The Hall–Kier alpha value is -1.46. The van der Waals surface area contributed by atoms with Crippen LogP contribution in [0.25, 0.3) is 0 Å². The van der Waals surface area contributed by atoms with Crippen molar-refractivity contribution in [2.45, 2.75) is 26.4 Å². The smallest absolute Gasteiger partial charge is 0.119 e. The Labute approximate surface area is 90.9 Å². The van der Waals surface area contributed by atoms with Crippen LogP contribution in [0.1, 0.15) is 31.9 Å². The fraction of sp³-hybridized carbons (Fsp3) is 0.385. The van der Waals surface area contributed by atoms with E-state index in [1.165, 1.54) is 0 Å². The largest absolute Gasteiger partial charge is 0.493 e. The summed E-state index contributed by atoms with van der Waals surface area (Å²) in [6, 6.07) is 7.46. The van der Waals surface area contributed by atoms with Crippen molar-refractivity contribution >= 4 is 0 Å². The molecule has 0 fully saturated rings. The van der Waals surface area contributed by atoms with E-state index in [0.29, 0.717) is 6.61 Å². The maximum absolute atomic E-state index is 9.30. The second-order valence-electron chi connectivity index (χ2n) is 3.27. The van der Waals surface area contributed by atoms with Crippen molar-refractivity contribution in [3.8, 4) is 17.6 Å². The fourth-order valence-electron chi connectivity index (χ4n) is 1.19. The van der Waals surface area contributed by atoms with Crippen LogP contribution in [0.4, 0.5) is 0 Å². The Bertz CT molecular complexity index is 341. The minimum atomic E-state index is -0.426. The molecule has 0 spiro atoms. The lowest BCUT2D eigenvalue weighted by Crippen LogP contribution is -1.96. The van der Waals surface area contributed by atoms with E-state index in [0.717, 1.165) is 17.7 Å². The van der Waals surface area contributed by atoms with Crippen molar-refractivity contribution in [2.75, 3.05) is 6.61 Å². The van der Waals surface area contributed by atoms with E-state index in [4.69, 9.17) is 4.74 Å². The first-order chi connectivity index (χ1) is 7.24. The van der Waals surface area contributed by atoms with Gasteiger partial charge in [0.1, 0.15) is 5.75 Å². The van der Waals surface area contributed by atoms with E-state index in [2.05, 4.69) is 11.8 Å². The molecular formula is C13H16O2. The molecule has 0 saturated heterocycles. The Morgan fingerprint density at radius 1 is 1.33 bits per heavy atom. The monoisotopic (exact) mass is 204 g/mol. The van der Waals surface area contributed by atoms with Crippen LogP contribution in [0, 0.1) is 11.8 Å². The van der Waals surface area contributed by atoms with Crippen molar-refractivity contribution in [1.82, 2.24) is 0 Å². The molecule has 0 radical (unpaired) electrons. The molecule has 15 heavy (non-hydrogen) atoms. The summed E-state index contributed by atoms with van der Waals surface area (Å²) in [6.45, 7) is 4.17. The van der Waals surface area contributed by atoms with Gasteiger partial charge in [-0.3, -0.25) is 0 Å². The van der Waals surface area contributed by atoms with Gasteiger partial charge in [0.15, 0.2) is 0 Å². The molecule has 1 aromatic rings. The third-order valence-electron chi connectivity index (χ3n) is 2.04. The van der Waals surface area contributed by atoms with Gasteiger partial charge in [0, 0.05) is 6.42 Å². The van der Waals surface area contributed by atoms with Gasteiger partial charge in [-0.25, -0.2) is 0 Å². The molecule has 1 atom stereocenters. The number of hydrogen-bond donors (Lipinski definition) is 1. The zero-order valence-corrected chi connectivity index (χ0v) is 9.16. The Morgan fingerprint density at radius 2 is 2.00 bits per heavy atom. The van der Waals surface area contributed by atoms with Gasteiger partial charge in [-0.1, -0.05) is 12.1 Å². The second kappa shape index (κ2) is 6.10. The van der Waals surface area contributed by atoms with E-state index >= 15 is 0 Å². The average molecular weight is 204 g/mol. The molecule has 0 heterocycles. The molecule has 2 nitrogen and oxygen atoms in total. The summed E-state index contributed by atoms with van der Waals surface area (Å²) in [7, 11) is 0. The summed E-state index contributed by atoms with van der Waals surface area (Å²) in [4.78, 5) is 0. The van der Waals surface area contributed by atoms with Crippen LogP contribution in [0.5, 0.6) is 5.75 Å². The summed E-state index contributed by atoms with van der Waals surface area (Å²) in [5, 5.41) is 9.30. The summed E-state index contributed by atoms with van der Waals surface area (Å²) in [5.41, 5.74) is 0.899. The molecular weight excluding hydrogens is 188 g/mol. The zero-order chi connectivity index (χ0) is 11.1. The maximum atomic E-state index is 9.30. The van der Waals surface area contributed by atoms with Crippen LogP contribution >= 0.6 is 0 Å². The lowest BCUT2D eigenvalue weighted by molar-refractivity contribution is 0.199. The third kappa shape index (κ3) is 4.05. The van der Waals surface area contributed by atoms with E-state index in [9.17, 15) is 5.11 Å². The summed E-state index contributed by atoms with van der Waals surface area (Å²) >= 11 is 0. The van der Waals surface area contributed by atoms with Crippen molar-refractivity contribution in [3.63, 3.8) is 0 Å². The first kappa shape index (κ1) is 11.6. The normalized spacial score (nSPS) is 11.4. The van der Waals surface area contributed by atoms with Gasteiger partial charge < -0.3 is 9.84 Å². The van der Waals surface area contributed by atoms with Crippen molar-refractivity contribution < 1.29 is 9.84 Å². The molecule has 0 unspecified atom stereocenters. The average Bonchev–Trinajstić information content (AvgIpc) is 2.25. The van der Waals surface area contributed by atoms with Gasteiger partial charge in [0.25, 0.3) is 0 Å². The van der Waals surface area contributed by atoms with Crippen LogP contribution < -0.4 is 4.74 Å². The number of hydrogen-bond acceptors (Lipinski definition) is 2.